The van der Waals surface area contributed by atoms with Crippen LogP contribution in [0, 0.1) is 6.92 Å². The first-order chi connectivity index (χ1) is 9.20. The average Bonchev–Trinajstić information content (AvgIpc) is 2.90. The molecule has 4 heteroatoms. The molecular formula is C15H18N2OS. The van der Waals surface area contributed by atoms with E-state index in [1.165, 1.54) is 5.56 Å². The second-order valence-electron chi connectivity index (χ2n) is 4.37. The van der Waals surface area contributed by atoms with E-state index in [1.807, 2.05) is 32.0 Å². The molecule has 1 heterocycles. The normalized spacial score (nSPS) is 10.2. The lowest BCUT2D eigenvalue weighted by Crippen LogP contribution is -2.22. The van der Waals surface area contributed by atoms with Crippen LogP contribution in [0.4, 0.5) is 5.69 Å². The van der Waals surface area contributed by atoms with Crippen molar-refractivity contribution in [1.29, 1.82) is 0 Å². The highest BCUT2D eigenvalue weighted by Crippen LogP contribution is 2.18. The molecule has 0 bridgehead atoms. The van der Waals surface area contributed by atoms with E-state index in [9.17, 15) is 4.79 Å². The summed E-state index contributed by atoms with van der Waals surface area (Å²) in [5.41, 5.74) is 4.14. The van der Waals surface area contributed by atoms with Crippen LogP contribution in [0.15, 0.2) is 35.0 Å². The van der Waals surface area contributed by atoms with Crippen molar-refractivity contribution < 1.29 is 4.79 Å². The summed E-state index contributed by atoms with van der Waals surface area (Å²) in [6.07, 6.45) is 0. The van der Waals surface area contributed by atoms with Crippen LogP contribution in [0.25, 0.3) is 0 Å². The van der Waals surface area contributed by atoms with Crippen LogP contribution in [0.5, 0.6) is 0 Å². The van der Waals surface area contributed by atoms with Gasteiger partial charge in [-0.3, -0.25) is 4.79 Å². The molecule has 1 aromatic heterocycles. The van der Waals surface area contributed by atoms with E-state index in [0.717, 1.165) is 17.8 Å². The Morgan fingerprint density at radius 3 is 2.79 bits per heavy atom. The fourth-order valence-electron chi connectivity index (χ4n) is 1.86. The van der Waals surface area contributed by atoms with Gasteiger partial charge in [0.25, 0.3) is 5.91 Å². The number of carbonyl (C=O) groups is 1. The van der Waals surface area contributed by atoms with Crippen LogP contribution < -0.4 is 10.6 Å². The van der Waals surface area contributed by atoms with Crippen molar-refractivity contribution in [3.05, 3.63) is 51.7 Å². The lowest BCUT2D eigenvalue weighted by molar-refractivity contribution is 0.0956. The molecule has 1 aromatic carbocycles. The number of rotatable bonds is 5. The number of amides is 1. The van der Waals surface area contributed by atoms with Gasteiger partial charge < -0.3 is 10.6 Å². The lowest BCUT2D eigenvalue weighted by atomic mass is 10.1. The number of anilines is 1. The Bertz CT molecular complexity index is 549. The predicted molar refractivity (Wildman–Crippen MR) is 80.8 cm³/mol. The Labute approximate surface area is 117 Å². The van der Waals surface area contributed by atoms with E-state index in [0.29, 0.717) is 12.1 Å². The lowest BCUT2D eigenvalue weighted by Gasteiger charge is -2.10. The van der Waals surface area contributed by atoms with Crippen LogP contribution in [-0.2, 0) is 6.54 Å². The second kappa shape index (κ2) is 6.38. The Balaban J connectivity index is 2.04. The molecule has 0 spiro atoms. The van der Waals surface area contributed by atoms with Gasteiger partial charge in [-0.25, -0.2) is 0 Å². The molecule has 1 amide bonds. The number of nitrogens with one attached hydrogen (secondary N) is 2. The largest absolute Gasteiger partial charge is 0.381 e. The topological polar surface area (TPSA) is 41.1 Å². The Hall–Kier alpha value is -1.81. The Morgan fingerprint density at radius 1 is 1.32 bits per heavy atom. The van der Waals surface area contributed by atoms with Crippen LogP contribution >= 0.6 is 11.3 Å². The van der Waals surface area contributed by atoms with Crippen molar-refractivity contribution >= 4 is 22.9 Å². The van der Waals surface area contributed by atoms with Crippen LogP contribution in [-0.4, -0.2) is 12.5 Å². The Morgan fingerprint density at radius 2 is 2.16 bits per heavy atom. The summed E-state index contributed by atoms with van der Waals surface area (Å²) in [5, 5.41) is 10.4. The number of hydrogen-bond acceptors (Lipinski definition) is 3. The number of carbonyl (C=O) groups excluding carboxylic acids is 1. The number of aryl methyl sites for hydroxylation is 1. The zero-order valence-electron chi connectivity index (χ0n) is 11.2. The van der Waals surface area contributed by atoms with Crippen LogP contribution in [0.2, 0.25) is 0 Å². The van der Waals surface area contributed by atoms with Gasteiger partial charge in [-0.2, -0.15) is 11.3 Å². The SMILES string of the molecule is CCNC(=O)c1ccc(NCc2ccsc2)c(C)c1. The minimum atomic E-state index is -0.0185. The molecule has 2 aromatic rings. The van der Waals surface area contributed by atoms with Gasteiger partial charge >= 0.3 is 0 Å². The molecule has 19 heavy (non-hydrogen) atoms. The average molecular weight is 274 g/mol. The molecule has 0 saturated carbocycles. The Kier molecular flexibility index (Phi) is 4.58. The molecule has 0 aliphatic rings. The second-order valence-corrected chi connectivity index (χ2v) is 5.15. The zero-order valence-corrected chi connectivity index (χ0v) is 12.0. The summed E-state index contributed by atoms with van der Waals surface area (Å²) in [7, 11) is 0. The van der Waals surface area contributed by atoms with Crippen molar-refractivity contribution in [1.82, 2.24) is 5.32 Å². The maximum absolute atomic E-state index is 11.7. The summed E-state index contributed by atoms with van der Waals surface area (Å²) < 4.78 is 0. The van der Waals surface area contributed by atoms with E-state index >= 15 is 0 Å². The summed E-state index contributed by atoms with van der Waals surface area (Å²) in [6, 6.07) is 7.84. The summed E-state index contributed by atoms with van der Waals surface area (Å²) in [5.74, 6) is -0.0185. The molecule has 0 aliphatic carbocycles. The number of thiophene rings is 1. The van der Waals surface area contributed by atoms with Gasteiger partial charge in [0.05, 0.1) is 0 Å². The number of benzene rings is 1. The van der Waals surface area contributed by atoms with Gasteiger partial charge in [-0.05, 0) is 60.0 Å². The van der Waals surface area contributed by atoms with E-state index in [4.69, 9.17) is 0 Å². The summed E-state index contributed by atoms with van der Waals surface area (Å²) in [6.45, 7) is 5.39. The van der Waals surface area contributed by atoms with E-state index in [-0.39, 0.29) is 5.91 Å². The molecule has 0 unspecified atom stereocenters. The van der Waals surface area contributed by atoms with Gasteiger partial charge in [0.15, 0.2) is 0 Å². The zero-order chi connectivity index (χ0) is 13.7. The molecule has 0 radical (unpaired) electrons. The molecule has 0 aliphatic heterocycles. The highest BCUT2D eigenvalue weighted by molar-refractivity contribution is 7.07. The summed E-state index contributed by atoms with van der Waals surface area (Å²) >= 11 is 1.70. The third kappa shape index (κ3) is 3.58. The predicted octanol–water partition coefficient (Wildman–Crippen LogP) is 3.42. The van der Waals surface area contributed by atoms with Crippen molar-refractivity contribution in [3.8, 4) is 0 Å². The summed E-state index contributed by atoms with van der Waals surface area (Å²) in [4.78, 5) is 11.7. The first-order valence-corrected chi connectivity index (χ1v) is 7.28. The van der Waals surface area contributed by atoms with Crippen molar-refractivity contribution in [2.24, 2.45) is 0 Å². The smallest absolute Gasteiger partial charge is 0.251 e. The van der Waals surface area contributed by atoms with E-state index in [2.05, 4.69) is 27.5 Å². The molecule has 0 fully saturated rings. The molecule has 2 N–H and O–H groups in total. The molecule has 0 saturated heterocycles. The quantitative estimate of drug-likeness (QED) is 0.877. The van der Waals surface area contributed by atoms with Crippen LogP contribution in [0.1, 0.15) is 28.4 Å². The van der Waals surface area contributed by atoms with Gasteiger partial charge in [0.2, 0.25) is 0 Å². The minimum Gasteiger partial charge on any atom is -0.381 e. The third-order valence-corrected chi connectivity index (χ3v) is 3.62. The van der Waals surface area contributed by atoms with E-state index in [1.54, 1.807) is 11.3 Å². The molecule has 2 rings (SSSR count). The molecular weight excluding hydrogens is 256 g/mol. The first kappa shape index (κ1) is 13.6. The minimum absolute atomic E-state index is 0.0185. The molecule has 100 valence electrons. The standard InChI is InChI=1S/C15H18N2OS/c1-3-16-15(18)13-4-5-14(11(2)8-13)17-9-12-6-7-19-10-12/h4-8,10,17H,3,9H2,1-2H3,(H,16,18). The molecule has 3 nitrogen and oxygen atoms in total. The van der Waals surface area contributed by atoms with Gasteiger partial charge in [-0.15, -0.1) is 0 Å². The maximum atomic E-state index is 11.7. The third-order valence-electron chi connectivity index (χ3n) is 2.89. The van der Waals surface area contributed by atoms with Crippen molar-refractivity contribution in [3.63, 3.8) is 0 Å². The number of hydrogen-bond donors (Lipinski definition) is 2. The highest BCUT2D eigenvalue weighted by Gasteiger charge is 2.06. The van der Waals surface area contributed by atoms with Gasteiger partial charge in [0, 0.05) is 24.3 Å². The molecule has 0 atom stereocenters. The fraction of sp³-hybridized carbons (Fsp3) is 0.267. The van der Waals surface area contributed by atoms with Gasteiger partial charge in [-0.1, -0.05) is 0 Å². The van der Waals surface area contributed by atoms with E-state index < -0.39 is 0 Å². The van der Waals surface area contributed by atoms with Crippen molar-refractivity contribution in [2.45, 2.75) is 20.4 Å². The van der Waals surface area contributed by atoms with Gasteiger partial charge in [0.1, 0.15) is 0 Å². The fourth-order valence-corrected chi connectivity index (χ4v) is 2.53. The first-order valence-electron chi connectivity index (χ1n) is 6.34. The monoisotopic (exact) mass is 274 g/mol. The van der Waals surface area contributed by atoms with Crippen molar-refractivity contribution in [2.75, 3.05) is 11.9 Å². The highest BCUT2D eigenvalue weighted by atomic mass is 32.1. The maximum Gasteiger partial charge on any atom is 0.251 e. The van der Waals surface area contributed by atoms with Crippen LogP contribution in [0.3, 0.4) is 0 Å².